The fourth-order valence-corrected chi connectivity index (χ4v) is 3.01. The standard InChI is InChI=1S/C22H18ClN3O2/c1-14(28-16-12-10-15(23)11-13-16)22(27)26-18-7-3-2-6-17(18)21-24-19-8-4-5-9-20(19)25-21/h2-14H,1H3,(H,24,25)(H,26,27)/t14-/m0/s1. The molecule has 28 heavy (non-hydrogen) atoms. The number of H-pyrrole nitrogens is 1. The first kappa shape index (κ1) is 18.1. The van der Waals surface area contributed by atoms with E-state index < -0.39 is 6.10 Å². The number of halogens is 1. The number of rotatable bonds is 5. The number of aromatic amines is 1. The van der Waals surface area contributed by atoms with E-state index in [0.29, 0.717) is 22.3 Å². The molecule has 0 saturated carbocycles. The molecule has 4 aromatic rings. The lowest BCUT2D eigenvalue weighted by Crippen LogP contribution is -2.30. The Balaban J connectivity index is 1.54. The second-order valence-corrected chi connectivity index (χ2v) is 6.79. The number of hydrogen-bond acceptors (Lipinski definition) is 3. The molecule has 1 aromatic heterocycles. The molecule has 4 rings (SSSR count). The van der Waals surface area contributed by atoms with Gasteiger partial charge in [0.25, 0.3) is 5.91 Å². The first-order valence-electron chi connectivity index (χ1n) is 8.87. The van der Waals surface area contributed by atoms with Crippen molar-refractivity contribution in [3.8, 4) is 17.1 Å². The third-order valence-electron chi connectivity index (χ3n) is 4.33. The van der Waals surface area contributed by atoms with Gasteiger partial charge in [0.05, 0.1) is 16.7 Å². The number of imidazole rings is 1. The summed E-state index contributed by atoms with van der Waals surface area (Å²) in [5, 5.41) is 3.55. The Labute approximate surface area is 167 Å². The van der Waals surface area contributed by atoms with Gasteiger partial charge in [-0.2, -0.15) is 0 Å². The highest BCUT2D eigenvalue weighted by molar-refractivity contribution is 6.30. The van der Waals surface area contributed by atoms with Crippen LogP contribution in [0, 0.1) is 0 Å². The van der Waals surface area contributed by atoms with Crippen molar-refractivity contribution in [2.75, 3.05) is 5.32 Å². The van der Waals surface area contributed by atoms with Gasteiger partial charge in [0.2, 0.25) is 0 Å². The van der Waals surface area contributed by atoms with Crippen LogP contribution < -0.4 is 10.1 Å². The van der Waals surface area contributed by atoms with E-state index in [2.05, 4.69) is 15.3 Å². The summed E-state index contributed by atoms with van der Waals surface area (Å²) in [6.07, 6.45) is -0.676. The Hall–Kier alpha value is -3.31. The normalized spacial score (nSPS) is 11.9. The second-order valence-electron chi connectivity index (χ2n) is 6.35. The van der Waals surface area contributed by atoms with E-state index in [4.69, 9.17) is 16.3 Å². The van der Waals surface area contributed by atoms with E-state index >= 15 is 0 Å². The highest BCUT2D eigenvalue weighted by atomic mass is 35.5. The molecule has 0 radical (unpaired) electrons. The van der Waals surface area contributed by atoms with Gasteiger partial charge < -0.3 is 15.0 Å². The average Bonchev–Trinajstić information content (AvgIpc) is 3.14. The maximum atomic E-state index is 12.6. The quantitative estimate of drug-likeness (QED) is 0.485. The Morgan fingerprint density at radius 1 is 1.04 bits per heavy atom. The van der Waals surface area contributed by atoms with E-state index in [1.54, 1.807) is 31.2 Å². The fraction of sp³-hybridized carbons (Fsp3) is 0.0909. The summed E-state index contributed by atoms with van der Waals surface area (Å²) in [4.78, 5) is 20.6. The van der Waals surface area contributed by atoms with Gasteiger partial charge in [0.15, 0.2) is 6.10 Å². The molecular weight excluding hydrogens is 374 g/mol. The average molecular weight is 392 g/mol. The van der Waals surface area contributed by atoms with E-state index in [0.717, 1.165) is 16.6 Å². The minimum atomic E-state index is -0.676. The molecule has 1 atom stereocenters. The maximum Gasteiger partial charge on any atom is 0.265 e. The summed E-state index contributed by atoms with van der Waals surface area (Å²) in [5.74, 6) is 1.03. The van der Waals surface area contributed by atoms with Crippen molar-refractivity contribution >= 4 is 34.2 Å². The molecule has 0 spiro atoms. The van der Waals surface area contributed by atoms with Crippen molar-refractivity contribution < 1.29 is 9.53 Å². The summed E-state index contributed by atoms with van der Waals surface area (Å²) in [7, 11) is 0. The highest BCUT2D eigenvalue weighted by Gasteiger charge is 2.17. The van der Waals surface area contributed by atoms with Gasteiger partial charge >= 0.3 is 0 Å². The molecule has 0 aliphatic carbocycles. The number of benzene rings is 3. The van der Waals surface area contributed by atoms with Crippen LogP contribution in [0.4, 0.5) is 5.69 Å². The Morgan fingerprint density at radius 3 is 2.54 bits per heavy atom. The molecule has 0 saturated heterocycles. The first-order chi connectivity index (χ1) is 13.6. The zero-order valence-corrected chi connectivity index (χ0v) is 15.9. The van der Waals surface area contributed by atoms with Crippen molar-refractivity contribution in [2.45, 2.75) is 13.0 Å². The van der Waals surface area contributed by atoms with Crippen LogP contribution in [-0.4, -0.2) is 22.0 Å². The van der Waals surface area contributed by atoms with E-state index in [1.165, 1.54) is 0 Å². The smallest absolute Gasteiger partial charge is 0.265 e. The molecule has 0 unspecified atom stereocenters. The predicted molar refractivity (Wildman–Crippen MR) is 112 cm³/mol. The first-order valence-corrected chi connectivity index (χ1v) is 9.25. The lowest BCUT2D eigenvalue weighted by Gasteiger charge is -2.16. The van der Waals surface area contributed by atoms with Gasteiger partial charge in [-0.1, -0.05) is 35.9 Å². The Bertz CT molecular complexity index is 1090. The summed E-state index contributed by atoms with van der Waals surface area (Å²) in [5.41, 5.74) is 3.29. The van der Waals surface area contributed by atoms with Crippen LogP contribution in [0.25, 0.3) is 22.4 Å². The maximum absolute atomic E-state index is 12.6. The van der Waals surface area contributed by atoms with Crippen LogP contribution >= 0.6 is 11.6 Å². The summed E-state index contributed by atoms with van der Waals surface area (Å²) in [6, 6.07) is 22.2. The summed E-state index contributed by atoms with van der Waals surface area (Å²) in [6.45, 7) is 1.70. The molecule has 140 valence electrons. The molecule has 0 aliphatic heterocycles. The molecule has 3 aromatic carbocycles. The number of nitrogens with one attached hydrogen (secondary N) is 2. The number of carbonyl (C=O) groups is 1. The third-order valence-corrected chi connectivity index (χ3v) is 4.58. The lowest BCUT2D eigenvalue weighted by molar-refractivity contribution is -0.122. The van der Waals surface area contributed by atoms with Gasteiger partial charge in [0, 0.05) is 10.6 Å². The molecule has 1 heterocycles. The third kappa shape index (κ3) is 3.85. The number of ether oxygens (including phenoxy) is 1. The molecule has 0 bridgehead atoms. The number of hydrogen-bond donors (Lipinski definition) is 2. The Kier molecular flexibility index (Phi) is 5.00. The van der Waals surface area contributed by atoms with Gasteiger partial charge in [-0.25, -0.2) is 4.98 Å². The van der Waals surface area contributed by atoms with E-state index in [9.17, 15) is 4.79 Å². The van der Waals surface area contributed by atoms with Crippen molar-refractivity contribution in [3.05, 3.63) is 77.8 Å². The summed E-state index contributed by atoms with van der Waals surface area (Å²) >= 11 is 5.88. The van der Waals surface area contributed by atoms with Crippen LogP contribution in [0.3, 0.4) is 0 Å². The van der Waals surface area contributed by atoms with Crippen LogP contribution in [0.2, 0.25) is 5.02 Å². The van der Waals surface area contributed by atoms with Crippen molar-refractivity contribution in [1.82, 2.24) is 9.97 Å². The van der Waals surface area contributed by atoms with E-state index in [1.807, 2.05) is 48.5 Å². The highest BCUT2D eigenvalue weighted by Crippen LogP contribution is 2.28. The van der Waals surface area contributed by atoms with Crippen LogP contribution in [-0.2, 0) is 4.79 Å². The van der Waals surface area contributed by atoms with Gasteiger partial charge in [-0.15, -0.1) is 0 Å². The van der Waals surface area contributed by atoms with Gasteiger partial charge in [-0.3, -0.25) is 4.79 Å². The van der Waals surface area contributed by atoms with Crippen molar-refractivity contribution in [3.63, 3.8) is 0 Å². The minimum absolute atomic E-state index is 0.251. The number of anilines is 1. The van der Waals surface area contributed by atoms with Gasteiger partial charge in [0.1, 0.15) is 11.6 Å². The number of carbonyl (C=O) groups excluding carboxylic acids is 1. The second kappa shape index (κ2) is 7.74. The zero-order chi connectivity index (χ0) is 19.5. The SMILES string of the molecule is C[C@H](Oc1ccc(Cl)cc1)C(=O)Nc1ccccc1-c1nc2ccccc2[nH]1. The lowest BCUT2D eigenvalue weighted by atomic mass is 10.1. The number of amides is 1. The molecule has 1 amide bonds. The monoisotopic (exact) mass is 391 g/mol. The molecular formula is C22H18ClN3O2. The van der Waals surface area contributed by atoms with Crippen molar-refractivity contribution in [1.29, 1.82) is 0 Å². The fourth-order valence-electron chi connectivity index (χ4n) is 2.88. The molecule has 0 fully saturated rings. The minimum Gasteiger partial charge on any atom is -0.481 e. The number of aromatic nitrogens is 2. The van der Waals surface area contributed by atoms with Crippen molar-refractivity contribution in [2.24, 2.45) is 0 Å². The topological polar surface area (TPSA) is 67.0 Å². The molecule has 2 N–H and O–H groups in total. The largest absolute Gasteiger partial charge is 0.481 e. The van der Waals surface area contributed by atoms with Crippen LogP contribution in [0.15, 0.2) is 72.8 Å². The van der Waals surface area contributed by atoms with Crippen LogP contribution in [0.5, 0.6) is 5.75 Å². The molecule has 6 heteroatoms. The number of nitrogens with zero attached hydrogens (tertiary/aromatic N) is 1. The zero-order valence-electron chi connectivity index (χ0n) is 15.1. The number of fused-ring (bicyclic) bond motifs is 1. The summed E-state index contributed by atoms with van der Waals surface area (Å²) < 4.78 is 5.70. The van der Waals surface area contributed by atoms with Gasteiger partial charge in [-0.05, 0) is 55.5 Å². The van der Waals surface area contributed by atoms with Crippen LogP contribution in [0.1, 0.15) is 6.92 Å². The predicted octanol–water partition coefficient (Wildman–Crippen LogP) is 5.29. The van der Waals surface area contributed by atoms with E-state index in [-0.39, 0.29) is 5.91 Å². The number of para-hydroxylation sites is 3. The molecule has 5 nitrogen and oxygen atoms in total. The Morgan fingerprint density at radius 2 is 1.75 bits per heavy atom. The molecule has 0 aliphatic rings.